The molecular weight excluding hydrogens is 433 g/mol. The highest BCUT2D eigenvalue weighted by Gasteiger charge is 2.16. The normalized spacial score (nSPS) is 11.5. The van der Waals surface area contributed by atoms with E-state index < -0.39 is 17.3 Å². The van der Waals surface area contributed by atoms with Crippen molar-refractivity contribution in [3.8, 4) is 5.69 Å². The van der Waals surface area contributed by atoms with Crippen LogP contribution in [0.1, 0.15) is 39.2 Å². The maximum Gasteiger partial charge on any atom is 0.267 e. The minimum atomic E-state index is -0.459. The molecule has 4 aromatic rings. The molecule has 1 atom stereocenters. The lowest BCUT2D eigenvalue weighted by Crippen LogP contribution is -2.33. The van der Waals surface area contributed by atoms with Crippen molar-refractivity contribution in [3.63, 3.8) is 0 Å². The van der Waals surface area contributed by atoms with Gasteiger partial charge in [-0.1, -0.05) is 30.3 Å². The summed E-state index contributed by atoms with van der Waals surface area (Å²) in [4.78, 5) is 38.1. The van der Waals surface area contributed by atoms with Gasteiger partial charge in [-0.2, -0.15) is 0 Å². The average Bonchev–Trinajstić information content (AvgIpc) is 2.85. The molecule has 34 heavy (non-hydrogen) atoms. The third kappa shape index (κ3) is 5.10. The van der Waals surface area contributed by atoms with E-state index in [2.05, 4.69) is 10.6 Å². The molecule has 0 bridgehead atoms. The number of carbonyl (C=O) groups excluding carboxylic acids is 2. The topological polar surface area (TPSA) is 80.2 Å². The van der Waals surface area contributed by atoms with Crippen LogP contribution in [0.15, 0.2) is 102 Å². The summed E-state index contributed by atoms with van der Waals surface area (Å²) in [5.74, 6) is -1.26. The number of rotatable bonds is 6. The number of carbonyl (C=O) groups is 2. The van der Waals surface area contributed by atoms with E-state index in [1.807, 2.05) is 37.3 Å². The minimum absolute atomic E-state index is 0.0268. The largest absolute Gasteiger partial charge is 0.345 e. The van der Waals surface area contributed by atoms with Crippen molar-refractivity contribution in [2.24, 2.45) is 0 Å². The van der Waals surface area contributed by atoms with Gasteiger partial charge in [-0.25, -0.2) is 4.39 Å². The van der Waals surface area contributed by atoms with Gasteiger partial charge in [-0.3, -0.25) is 19.0 Å². The first kappa shape index (κ1) is 22.7. The maximum atomic E-state index is 13.0. The SMILES string of the molecule is C[C@@H](NC(=O)c1cccn(-c2ccc(NC(=O)c3ccc(F)cc3)cc2)c1=O)c1ccccc1. The van der Waals surface area contributed by atoms with Crippen LogP contribution in [0.4, 0.5) is 10.1 Å². The van der Waals surface area contributed by atoms with Crippen molar-refractivity contribution in [2.45, 2.75) is 13.0 Å². The van der Waals surface area contributed by atoms with Crippen molar-refractivity contribution in [3.05, 3.63) is 130 Å². The summed E-state index contributed by atoms with van der Waals surface area (Å²) in [6, 6.07) is 24.2. The van der Waals surface area contributed by atoms with Crippen LogP contribution in [0.3, 0.4) is 0 Å². The van der Waals surface area contributed by atoms with Crippen LogP contribution in [0.25, 0.3) is 5.69 Å². The van der Waals surface area contributed by atoms with Gasteiger partial charge >= 0.3 is 0 Å². The number of benzene rings is 3. The van der Waals surface area contributed by atoms with Crippen LogP contribution in [0.5, 0.6) is 0 Å². The molecule has 0 aliphatic rings. The summed E-state index contributed by atoms with van der Waals surface area (Å²) < 4.78 is 14.4. The molecule has 0 saturated heterocycles. The van der Waals surface area contributed by atoms with Crippen LogP contribution in [0, 0.1) is 5.82 Å². The lowest BCUT2D eigenvalue weighted by Gasteiger charge is -2.15. The maximum absolute atomic E-state index is 13.0. The molecule has 0 spiro atoms. The lowest BCUT2D eigenvalue weighted by molar-refractivity contribution is 0.0937. The number of hydrogen-bond donors (Lipinski definition) is 2. The fourth-order valence-corrected chi connectivity index (χ4v) is 3.48. The molecule has 0 fully saturated rings. The zero-order valence-electron chi connectivity index (χ0n) is 18.4. The van der Waals surface area contributed by atoms with Crippen molar-refractivity contribution in [1.82, 2.24) is 9.88 Å². The highest BCUT2D eigenvalue weighted by Crippen LogP contribution is 2.15. The van der Waals surface area contributed by atoms with Crippen LogP contribution >= 0.6 is 0 Å². The number of pyridine rings is 1. The predicted octanol–water partition coefficient (Wildman–Crippen LogP) is 4.72. The van der Waals surface area contributed by atoms with Gasteiger partial charge in [-0.05, 0) is 73.2 Å². The van der Waals surface area contributed by atoms with Gasteiger partial charge in [0.15, 0.2) is 0 Å². The van der Waals surface area contributed by atoms with E-state index in [1.165, 1.54) is 34.9 Å². The van der Waals surface area contributed by atoms with E-state index in [9.17, 15) is 18.8 Å². The second-order valence-electron chi connectivity index (χ2n) is 7.71. The fraction of sp³-hybridized carbons (Fsp3) is 0.0741. The van der Waals surface area contributed by atoms with Crippen molar-refractivity contribution in [2.75, 3.05) is 5.32 Å². The molecule has 0 unspecified atom stereocenters. The molecule has 3 aromatic carbocycles. The molecule has 2 N–H and O–H groups in total. The molecule has 1 aromatic heterocycles. The lowest BCUT2D eigenvalue weighted by atomic mass is 10.1. The summed E-state index contributed by atoms with van der Waals surface area (Å²) in [6.45, 7) is 1.85. The quantitative estimate of drug-likeness (QED) is 0.442. The van der Waals surface area contributed by atoms with Crippen LogP contribution < -0.4 is 16.2 Å². The van der Waals surface area contributed by atoms with Gasteiger partial charge in [-0.15, -0.1) is 0 Å². The van der Waals surface area contributed by atoms with Crippen molar-refractivity contribution >= 4 is 17.5 Å². The highest BCUT2D eigenvalue weighted by molar-refractivity contribution is 6.04. The Kier molecular flexibility index (Phi) is 6.64. The molecule has 2 amide bonds. The number of nitrogens with one attached hydrogen (secondary N) is 2. The molecule has 0 aliphatic carbocycles. The Morgan fingerprint density at radius 3 is 2.18 bits per heavy atom. The van der Waals surface area contributed by atoms with Crippen LogP contribution in [0.2, 0.25) is 0 Å². The van der Waals surface area contributed by atoms with E-state index in [-0.39, 0.29) is 17.5 Å². The Morgan fingerprint density at radius 2 is 1.50 bits per heavy atom. The number of halogens is 1. The summed E-state index contributed by atoms with van der Waals surface area (Å²) in [6.07, 6.45) is 1.58. The van der Waals surface area contributed by atoms with Gasteiger partial charge in [0.05, 0.1) is 6.04 Å². The Labute approximate surface area is 195 Å². The standard InChI is InChI=1S/C27H22FN3O3/c1-18(19-6-3-2-4-7-19)29-26(33)24-8-5-17-31(27(24)34)23-15-13-22(14-16-23)30-25(32)20-9-11-21(28)12-10-20/h2-18H,1H3,(H,29,33)(H,30,32)/t18-/m1/s1. The highest BCUT2D eigenvalue weighted by atomic mass is 19.1. The van der Waals surface area contributed by atoms with Crippen molar-refractivity contribution < 1.29 is 14.0 Å². The number of hydrogen-bond acceptors (Lipinski definition) is 3. The van der Waals surface area contributed by atoms with Gasteiger partial charge in [0.1, 0.15) is 11.4 Å². The summed E-state index contributed by atoms with van der Waals surface area (Å²) in [5.41, 5.74) is 1.88. The zero-order valence-corrected chi connectivity index (χ0v) is 18.4. The first-order chi connectivity index (χ1) is 16.4. The van der Waals surface area contributed by atoms with Crippen LogP contribution in [-0.2, 0) is 0 Å². The summed E-state index contributed by atoms with van der Waals surface area (Å²) in [5, 5.41) is 5.58. The van der Waals surface area contributed by atoms with Gasteiger partial charge in [0.2, 0.25) is 0 Å². The van der Waals surface area contributed by atoms with E-state index in [0.717, 1.165) is 5.56 Å². The first-order valence-corrected chi connectivity index (χ1v) is 10.7. The average molecular weight is 455 g/mol. The molecule has 0 saturated carbocycles. The molecule has 170 valence electrons. The molecule has 6 nitrogen and oxygen atoms in total. The smallest absolute Gasteiger partial charge is 0.267 e. The Morgan fingerprint density at radius 1 is 0.824 bits per heavy atom. The third-order valence-corrected chi connectivity index (χ3v) is 5.35. The van der Waals surface area contributed by atoms with E-state index in [4.69, 9.17) is 0 Å². The number of aromatic nitrogens is 1. The van der Waals surface area contributed by atoms with E-state index in [1.54, 1.807) is 36.5 Å². The molecular formula is C27H22FN3O3. The van der Waals surface area contributed by atoms with E-state index in [0.29, 0.717) is 16.9 Å². The molecule has 0 aliphatic heterocycles. The second-order valence-corrected chi connectivity index (χ2v) is 7.71. The zero-order chi connectivity index (χ0) is 24.1. The molecule has 4 rings (SSSR count). The van der Waals surface area contributed by atoms with Gasteiger partial charge < -0.3 is 10.6 Å². The van der Waals surface area contributed by atoms with Gasteiger partial charge in [0.25, 0.3) is 17.4 Å². The number of amides is 2. The van der Waals surface area contributed by atoms with Crippen molar-refractivity contribution in [1.29, 1.82) is 0 Å². The monoisotopic (exact) mass is 455 g/mol. The van der Waals surface area contributed by atoms with Gasteiger partial charge in [0, 0.05) is 23.1 Å². The van der Waals surface area contributed by atoms with E-state index >= 15 is 0 Å². The number of nitrogens with zero attached hydrogens (tertiary/aromatic N) is 1. The summed E-state index contributed by atoms with van der Waals surface area (Å²) in [7, 11) is 0. The molecule has 0 radical (unpaired) electrons. The molecule has 1 heterocycles. The first-order valence-electron chi connectivity index (χ1n) is 10.7. The predicted molar refractivity (Wildman–Crippen MR) is 129 cm³/mol. The minimum Gasteiger partial charge on any atom is -0.345 e. The van der Waals surface area contributed by atoms with Crippen LogP contribution in [-0.4, -0.2) is 16.4 Å². The third-order valence-electron chi connectivity index (χ3n) is 5.35. The Bertz CT molecular complexity index is 1370. The Balaban J connectivity index is 1.49. The number of anilines is 1. The Hall–Kier alpha value is -4.52. The second kappa shape index (κ2) is 9.95. The summed E-state index contributed by atoms with van der Waals surface area (Å²) >= 11 is 0. The fourth-order valence-electron chi connectivity index (χ4n) is 3.48. The molecule has 7 heteroatoms.